The third kappa shape index (κ3) is 3.97. The highest BCUT2D eigenvalue weighted by Crippen LogP contribution is 2.36. The molecule has 0 radical (unpaired) electrons. The van der Waals surface area contributed by atoms with E-state index in [1.165, 1.54) is 0 Å². The highest BCUT2D eigenvalue weighted by molar-refractivity contribution is 14.1. The molecule has 4 N–H and O–H groups in total. The molecular weight excluding hydrogens is 409 g/mol. The molecule has 1 aromatic carbocycles. The van der Waals surface area contributed by atoms with E-state index in [1.54, 1.807) is 28.7 Å². The zero-order valence-electron chi connectivity index (χ0n) is 9.52. The molecule has 1 rings (SSSR count). The molecule has 10 heteroatoms. The van der Waals surface area contributed by atoms with Crippen LogP contribution in [0, 0.1) is 20.3 Å². The van der Waals surface area contributed by atoms with E-state index in [9.17, 15) is 13.2 Å². The molecule has 0 unspecified atom stereocenters. The number of nitrogens with two attached hydrogens (primary N) is 1. The molecule has 0 saturated heterocycles. The van der Waals surface area contributed by atoms with Crippen LogP contribution < -0.4 is 11.2 Å². The standard InChI is InChI=1S/C10H6ClF3IN5/c11-5-1-4(10(12,13)14)2-6(15)8(5)20-19-7(3-16)9(17)18/h1-2,20H,(H3,17,18)/b19-7+. The molecule has 0 saturated carbocycles. The zero-order chi connectivity index (χ0) is 15.5. The van der Waals surface area contributed by atoms with E-state index in [0.717, 1.165) is 12.1 Å². The number of nitrogens with one attached hydrogen (secondary N) is 2. The van der Waals surface area contributed by atoms with Crippen LogP contribution in [0.25, 0.3) is 0 Å². The number of amidine groups is 1. The van der Waals surface area contributed by atoms with Crippen molar-refractivity contribution in [3.05, 3.63) is 26.3 Å². The first-order valence-corrected chi connectivity index (χ1v) is 6.27. The van der Waals surface area contributed by atoms with Gasteiger partial charge >= 0.3 is 6.18 Å². The van der Waals surface area contributed by atoms with Crippen molar-refractivity contribution in [1.82, 2.24) is 0 Å². The third-order valence-electron chi connectivity index (χ3n) is 2.01. The Morgan fingerprint density at radius 2 is 2.10 bits per heavy atom. The van der Waals surface area contributed by atoms with Gasteiger partial charge in [0, 0.05) is 3.57 Å². The van der Waals surface area contributed by atoms with Crippen LogP contribution in [0.5, 0.6) is 0 Å². The second-order valence-corrected chi connectivity index (χ2v) is 4.98. The molecule has 0 aromatic heterocycles. The van der Waals surface area contributed by atoms with E-state index in [2.05, 4.69) is 10.5 Å². The largest absolute Gasteiger partial charge is 0.416 e. The lowest BCUT2D eigenvalue weighted by atomic mass is 10.2. The van der Waals surface area contributed by atoms with Gasteiger partial charge in [0.15, 0.2) is 5.84 Å². The Kier molecular flexibility index (Phi) is 5.18. The summed E-state index contributed by atoms with van der Waals surface area (Å²) in [6.45, 7) is 0. The molecule has 0 bridgehead atoms. The van der Waals surface area contributed by atoms with Gasteiger partial charge in [-0.25, -0.2) is 0 Å². The zero-order valence-corrected chi connectivity index (χ0v) is 12.4. The van der Waals surface area contributed by atoms with Gasteiger partial charge in [0.2, 0.25) is 5.71 Å². The molecule has 0 aliphatic rings. The normalized spacial score (nSPS) is 11.9. The van der Waals surface area contributed by atoms with Crippen molar-refractivity contribution < 1.29 is 13.2 Å². The summed E-state index contributed by atoms with van der Waals surface area (Å²) in [6, 6.07) is 3.18. The number of nitrogens with zero attached hydrogens (tertiary/aromatic N) is 2. The summed E-state index contributed by atoms with van der Waals surface area (Å²) in [5, 5.41) is 19.0. The van der Waals surface area contributed by atoms with Crippen LogP contribution in [0.2, 0.25) is 5.02 Å². The SMILES string of the molecule is N#C/C(=N\Nc1c(Cl)cc(C(F)(F)F)cc1I)C(=N)N. The smallest absolute Gasteiger partial charge is 0.382 e. The van der Waals surface area contributed by atoms with Gasteiger partial charge in [-0.2, -0.15) is 23.5 Å². The molecule has 0 fully saturated rings. The van der Waals surface area contributed by atoms with Crippen molar-refractivity contribution in [3.8, 4) is 6.07 Å². The van der Waals surface area contributed by atoms with Crippen LogP contribution in [0.1, 0.15) is 5.56 Å². The second kappa shape index (κ2) is 6.27. The van der Waals surface area contributed by atoms with Gasteiger partial charge in [0.1, 0.15) is 6.07 Å². The van der Waals surface area contributed by atoms with Crippen LogP contribution in [-0.4, -0.2) is 11.5 Å². The van der Waals surface area contributed by atoms with Gasteiger partial charge < -0.3 is 5.73 Å². The fourth-order valence-electron chi connectivity index (χ4n) is 1.10. The summed E-state index contributed by atoms with van der Waals surface area (Å²) >= 11 is 7.39. The molecule has 0 aliphatic heterocycles. The molecular formula is C10H6ClF3IN5. The minimum absolute atomic E-state index is 0.0919. The summed E-state index contributed by atoms with van der Waals surface area (Å²) in [5.74, 6) is -0.571. The molecule has 5 nitrogen and oxygen atoms in total. The molecule has 0 atom stereocenters. The van der Waals surface area contributed by atoms with E-state index >= 15 is 0 Å². The van der Waals surface area contributed by atoms with E-state index < -0.39 is 23.3 Å². The maximum atomic E-state index is 12.6. The van der Waals surface area contributed by atoms with Crippen molar-refractivity contribution in [1.29, 1.82) is 10.7 Å². The number of hydrogen-bond donors (Lipinski definition) is 3. The Morgan fingerprint density at radius 1 is 1.50 bits per heavy atom. The summed E-state index contributed by atoms with van der Waals surface area (Å²) in [4.78, 5) is 0. The first-order chi connectivity index (χ1) is 9.16. The monoisotopic (exact) mass is 415 g/mol. The van der Waals surface area contributed by atoms with Gasteiger partial charge in [-0.1, -0.05) is 11.6 Å². The van der Waals surface area contributed by atoms with Gasteiger partial charge in [0.05, 0.1) is 16.3 Å². The Hall–Kier alpha value is -1.54. The second-order valence-electron chi connectivity index (χ2n) is 3.41. The van der Waals surface area contributed by atoms with Crippen molar-refractivity contribution in [2.24, 2.45) is 10.8 Å². The minimum atomic E-state index is -4.51. The van der Waals surface area contributed by atoms with E-state index in [1.807, 2.05) is 0 Å². The molecule has 1 aromatic rings. The van der Waals surface area contributed by atoms with Gasteiger partial charge in [-0.3, -0.25) is 10.8 Å². The Balaban J connectivity index is 3.17. The molecule has 0 heterocycles. The minimum Gasteiger partial charge on any atom is -0.382 e. The number of alkyl halides is 3. The Morgan fingerprint density at radius 3 is 2.50 bits per heavy atom. The van der Waals surface area contributed by atoms with Crippen molar-refractivity contribution in [2.75, 3.05) is 5.43 Å². The maximum absolute atomic E-state index is 12.6. The van der Waals surface area contributed by atoms with E-state index in [0.29, 0.717) is 0 Å². The van der Waals surface area contributed by atoms with Gasteiger partial charge in [-0.15, -0.1) is 0 Å². The lowest BCUT2D eigenvalue weighted by Gasteiger charge is -2.12. The number of benzene rings is 1. The predicted octanol–water partition coefficient (Wildman–Crippen LogP) is 3.19. The lowest BCUT2D eigenvalue weighted by molar-refractivity contribution is -0.137. The highest BCUT2D eigenvalue weighted by atomic mass is 127. The fourth-order valence-corrected chi connectivity index (χ4v) is 2.27. The van der Waals surface area contributed by atoms with Gasteiger partial charge in [0.25, 0.3) is 0 Å². The molecule has 20 heavy (non-hydrogen) atoms. The topological polar surface area (TPSA) is 98.0 Å². The van der Waals surface area contributed by atoms with Crippen molar-refractivity contribution in [3.63, 3.8) is 0 Å². The van der Waals surface area contributed by atoms with Crippen LogP contribution in [0.3, 0.4) is 0 Å². The lowest BCUT2D eigenvalue weighted by Crippen LogP contribution is -2.22. The molecule has 106 valence electrons. The van der Waals surface area contributed by atoms with E-state index in [-0.39, 0.29) is 14.3 Å². The Labute approximate surface area is 130 Å². The number of hydrazone groups is 1. The van der Waals surface area contributed by atoms with Crippen LogP contribution >= 0.6 is 34.2 Å². The number of anilines is 1. The number of halogens is 5. The van der Waals surface area contributed by atoms with Crippen LogP contribution in [0.15, 0.2) is 17.2 Å². The van der Waals surface area contributed by atoms with E-state index in [4.69, 9.17) is 28.0 Å². The average molecular weight is 416 g/mol. The third-order valence-corrected chi connectivity index (χ3v) is 3.16. The number of nitriles is 1. The van der Waals surface area contributed by atoms with Crippen LogP contribution in [-0.2, 0) is 6.18 Å². The van der Waals surface area contributed by atoms with Gasteiger partial charge in [-0.05, 0) is 34.7 Å². The average Bonchev–Trinajstić information content (AvgIpc) is 2.30. The first kappa shape index (κ1) is 16.5. The van der Waals surface area contributed by atoms with Crippen molar-refractivity contribution in [2.45, 2.75) is 6.18 Å². The molecule has 0 spiro atoms. The van der Waals surface area contributed by atoms with Crippen molar-refractivity contribution >= 4 is 51.4 Å². The van der Waals surface area contributed by atoms with Crippen LogP contribution in [0.4, 0.5) is 18.9 Å². The predicted molar refractivity (Wildman–Crippen MR) is 77.8 cm³/mol. The molecule has 0 aliphatic carbocycles. The quantitative estimate of drug-likeness (QED) is 0.306. The highest BCUT2D eigenvalue weighted by Gasteiger charge is 2.31. The summed E-state index contributed by atoms with van der Waals surface area (Å²) in [6.07, 6.45) is -4.51. The molecule has 0 amide bonds. The summed E-state index contributed by atoms with van der Waals surface area (Å²) < 4.78 is 37.8. The summed E-state index contributed by atoms with van der Waals surface area (Å²) in [5.41, 5.74) is 6.20. The number of hydrogen-bond acceptors (Lipinski definition) is 4. The number of rotatable bonds is 3. The Bertz CT molecular complexity index is 597. The fraction of sp³-hybridized carbons (Fsp3) is 0.100. The summed E-state index contributed by atoms with van der Waals surface area (Å²) in [7, 11) is 0. The first-order valence-electron chi connectivity index (χ1n) is 4.81. The maximum Gasteiger partial charge on any atom is 0.416 e.